The highest BCUT2D eigenvalue weighted by Crippen LogP contribution is 2.40. The molecule has 4 aromatic rings. The smallest absolute Gasteiger partial charge is 0.326 e. The van der Waals surface area contributed by atoms with Crippen LogP contribution in [0, 0.1) is 6.92 Å². The first-order valence-corrected chi connectivity index (χ1v) is 12.0. The Bertz CT molecular complexity index is 1440. The summed E-state index contributed by atoms with van der Waals surface area (Å²) in [5.41, 5.74) is 8.11. The molecule has 0 fully saturated rings. The van der Waals surface area contributed by atoms with E-state index >= 15 is 0 Å². The lowest BCUT2D eigenvalue weighted by Gasteiger charge is -2.35. The lowest BCUT2D eigenvalue weighted by Crippen LogP contribution is -2.46. The molecule has 2 amide bonds. The fourth-order valence-corrected chi connectivity index (χ4v) is 5.08. The van der Waals surface area contributed by atoms with Gasteiger partial charge >= 0.3 is 6.03 Å². The molecule has 1 aliphatic heterocycles. The zero-order chi connectivity index (χ0) is 23.9. The van der Waals surface area contributed by atoms with Crippen molar-refractivity contribution in [3.05, 3.63) is 107 Å². The Morgan fingerprint density at radius 3 is 2.51 bits per heavy atom. The Morgan fingerprint density at radius 1 is 0.943 bits per heavy atom. The molecular weight excluding hydrogens is 436 g/mol. The van der Waals surface area contributed by atoms with E-state index in [1.165, 1.54) is 16.7 Å². The minimum absolute atomic E-state index is 0.170. The van der Waals surface area contributed by atoms with Gasteiger partial charge in [0.2, 0.25) is 5.82 Å². The van der Waals surface area contributed by atoms with Crippen molar-refractivity contribution in [2.45, 2.75) is 39.2 Å². The maximum atomic E-state index is 13.4. The minimum atomic E-state index is -0.402. The number of urea groups is 1. The van der Waals surface area contributed by atoms with Gasteiger partial charge in [-0.1, -0.05) is 71.4 Å². The first-order chi connectivity index (χ1) is 17.1. The molecule has 0 saturated carbocycles. The van der Waals surface area contributed by atoms with Crippen LogP contribution in [0.3, 0.4) is 0 Å². The van der Waals surface area contributed by atoms with Crippen molar-refractivity contribution in [1.29, 1.82) is 0 Å². The van der Waals surface area contributed by atoms with Gasteiger partial charge in [0.1, 0.15) is 0 Å². The fraction of sp³-hybridized carbons (Fsp3) is 0.207. The summed E-state index contributed by atoms with van der Waals surface area (Å²) in [6.45, 7) is 4.00. The maximum Gasteiger partial charge on any atom is 0.326 e. The number of carbonyl (C=O) groups is 1. The van der Waals surface area contributed by atoms with Crippen LogP contribution in [-0.2, 0) is 12.8 Å². The molecule has 2 aliphatic rings. The Balaban J connectivity index is 1.48. The van der Waals surface area contributed by atoms with Crippen LogP contribution < -0.4 is 10.2 Å². The highest BCUT2D eigenvalue weighted by Gasteiger charge is 2.36. The summed E-state index contributed by atoms with van der Waals surface area (Å²) < 4.78 is 5.81. The van der Waals surface area contributed by atoms with Crippen LogP contribution >= 0.6 is 0 Å². The van der Waals surface area contributed by atoms with Gasteiger partial charge in [-0.05, 0) is 61.9 Å². The molecule has 0 spiro atoms. The van der Waals surface area contributed by atoms with Crippen molar-refractivity contribution in [1.82, 2.24) is 15.5 Å². The number of benzene rings is 3. The van der Waals surface area contributed by atoms with Gasteiger partial charge in [-0.15, -0.1) is 0 Å². The summed E-state index contributed by atoms with van der Waals surface area (Å²) in [7, 11) is 0. The predicted molar refractivity (Wildman–Crippen MR) is 136 cm³/mol. The molecule has 1 atom stereocenters. The zero-order valence-corrected chi connectivity index (χ0v) is 19.8. The zero-order valence-electron chi connectivity index (χ0n) is 19.8. The number of rotatable bonds is 4. The van der Waals surface area contributed by atoms with Crippen molar-refractivity contribution in [3.63, 3.8) is 0 Å². The van der Waals surface area contributed by atoms with Gasteiger partial charge < -0.3 is 9.84 Å². The molecule has 6 heteroatoms. The highest BCUT2D eigenvalue weighted by atomic mass is 16.5. The van der Waals surface area contributed by atoms with E-state index in [1.807, 2.05) is 74.5 Å². The molecular formula is C29H26N4O2. The average molecular weight is 463 g/mol. The van der Waals surface area contributed by atoms with Crippen LogP contribution in [0.25, 0.3) is 17.0 Å². The van der Waals surface area contributed by atoms with Gasteiger partial charge in [0.05, 0.1) is 17.3 Å². The molecule has 2 heterocycles. The molecule has 0 radical (unpaired) electrons. The standard InChI is InChI=1S/C29H26N4O2/c1-18-11-13-22(14-12-18)27-31-28(35-32-27)25-19(2)33(24-16-15-20-9-6-10-23(20)17-24)29(34)30-26(25)21-7-4-3-5-8-21/h3-5,7-8,11-17,26H,6,9-10H2,1-2H3,(H,30,34). The Labute approximate surface area is 204 Å². The molecule has 35 heavy (non-hydrogen) atoms. The lowest BCUT2D eigenvalue weighted by molar-refractivity contribution is 0.244. The molecule has 1 aromatic heterocycles. The van der Waals surface area contributed by atoms with E-state index in [-0.39, 0.29) is 6.03 Å². The molecule has 1 N–H and O–H groups in total. The van der Waals surface area contributed by atoms with Crippen molar-refractivity contribution < 1.29 is 9.32 Å². The number of allylic oxidation sites excluding steroid dienone is 1. The number of aromatic nitrogens is 2. The summed E-state index contributed by atoms with van der Waals surface area (Å²) in [5, 5.41) is 7.45. The Kier molecular flexibility index (Phi) is 5.21. The van der Waals surface area contributed by atoms with Gasteiger partial charge in [-0.25, -0.2) is 4.79 Å². The number of fused-ring (bicyclic) bond motifs is 1. The quantitative estimate of drug-likeness (QED) is 0.390. The normalized spacial score (nSPS) is 17.5. The summed E-state index contributed by atoms with van der Waals surface area (Å²) in [5.74, 6) is 0.922. The van der Waals surface area contributed by atoms with Crippen LogP contribution in [0.4, 0.5) is 10.5 Å². The minimum Gasteiger partial charge on any atom is -0.334 e. The van der Waals surface area contributed by atoms with Crippen molar-refractivity contribution in [2.24, 2.45) is 0 Å². The molecule has 0 bridgehead atoms. The summed E-state index contributed by atoms with van der Waals surface area (Å²) in [4.78, 5) is 19.9. The first kappa shape index (κ1) is 21.4. The summed E-state index contributed by atoms with van der Waals surface area (Å²) >= 11 is 0. The van der Waals surface area contributed by atoms with Gasteiger partial charge in [-0.2, -0.15) is 4.98 Å². The van der Waals surface area contributed by atoms with Gasteiger partial charge in [0, 0.05) is 11.3 Å². The molecule has 1 aliphatic carbocycles. The topological polar surface area (TPSA) is 71.3 Å². The number of hydrogen-bond donors (Lipinski definition) is 1. The SMILES string of the molecule is CC1=C(c2nc(-c3ccc(C)cc3)no2)C(c2ccccc2)NC(=O)N1c1ccc2c(c1)CCC2. The third-order valence-electron chi connectivity index (χ3n) is 6.92. The molecule has 3 aromatic carbocycles. The monoisotopic (exact) mass is 462 g/mol. The molecule has 0 saturated heterocycles. The average Bonchev–Trinajstić information content (AvgIpc) is 3.54. The Morgan fingerprint density at radius 2 is 1.71 bits per heavy atom. The third-order valence-corrected chi connectivity index (χ3v) is 6.92. The number of nitrogens with zero attached hydrogens (tertiary/aromatic N) is 3. The maximum absolute atomic E-state index is 13.4. The van der Waals surface area contributed by atoms with Gasteiger partial charge in [0.15, 0.2) is 0 Å². The lowest BCUT2D eigenvalue weighted by atomic mass is 9.94. The van der Waals surface area contributed by atoms with E-state index in [0.717, 1.165) is 47.3 Å². The van der Waals surface area contributed by atoms with E-state index < -0.39 is 6.04 Å². The summed E-state index contributed by atoms with van der Waals surface area (Å²) in [6, 6.07) is 23.7. The predicted octanol–water partition coefficient (Wildman–Crippen LogP) is 6.24. The molecule has 6 rings (SSSR count). The number of hydrogen-bond acceptors (Lipinski definition) is 4. The van der Waals surface area contributed by atoms with Crippen LogP contribution in [0.1, 0.15) is 47.5 Å². The van der Waals surface area contributed by atoms with E-state index in [2.05, 4.69) is 22.6 Å². The second-order valence-corrected chi connectivity index (χ2v) is 9.22. The van der Waals surface area contributed by atoms with Crippen molar-refractivity contribution >= 4 is 17.3 Å². The van der Waals surface area contributed by atoms with Gasteiger partial charge in [-0.3, -0.25) is 4.90 Å². The molecule has 174 valence electrons. The van der Waals surface area contributed by atoms with Crippen LogP contribution in [0.5, 0.6) is 0 Å². The van der Waals surface area contributed by atoms with Crippen LogP contribution in [0.15, 0.2) is 83.0 Å². The second kappa shape index (κ2) is 8.55. The molecule has 1 unspecified atom stereocenters. The number of aryl methyl sites for hydroxylation is 3. The third kappa shape index (κ3) is 3.81. The van der Waals surface area contributed by atoms with Crippen LogP contribution in [-0.4, -0.2) is 16.2 Å². The number of carbonyl (C=O) groups excluding carboxylic acids is 1. The van der Waals surface area contributed by atoms with E-state index in [9.17, 15) is 4.79 Å². The molecule has 6 nitrogen and oxygen atoms in total. The summed E-state index contributed by atoms with van der Waals surface area (Å²) in [6.07, 6.45) is 3.30. The largest absolute Gasteiger partial charge is 0.334 e. The first-order valence-electron chi connectivity index (χ1n) is 12.0. The van der Waals surface area contributed by atoms with Crippen molar-refractivity contribution in [2.75, 3.05) is 4.90 Å². The van der Waals surface area contributed by atoms with E-state index in [1.54, 1.807) is 4.90 Å². The number of amides is 2. The van der Waals surface area contributed by atoms with E-state index in [4.69, 9.17) is 9.51 Å². The van der Waals surface area contributed by atoms with Gasteiger partial charge in [0.25, 0.3) is 5.89 Å². The number of nitrogens with one attached hydrogen (secondary N) is 1. The number of anilines is 1. The van der Waals surface area contributed by atoms with E-state index in [0.29, 0.717) is 11.7 Å². The van der Waals surface area contributed by atoms with Crippen molar-refractivity contribution in [3.8, 4) is 11.4 Å². The van der Waals surface area contributed by atoms with Crippen LogP contribution in [0.2, 0.25) is 0 Å². The second-order valence-electron chi connectivity index (χ2n) is 9.22. The Hall–Kier alpha value is -4.19. The fourth-order valence-electron chi connectivity index (χ4n) is 5.08. The highest BCUT2D eigenvalue weighted by molar-refractivity contribution is 6.01.